The van der Waals surface area contributed by atoms with Gasteiger partial charge in [0.05, 0.1) is 37.1 Å². The molecule has 1 amide bonds. The predicted octanol–water partition coefficient (Wildman–Crippen LogP) is 3.38. The Morgan fingerprint density at radius 3 is 2.34 bits per heavy atom. The van der Waals surface area contributed by atoms with Crippen molar-refractivity contribution in [3.8, 4) is 11.5 Å². The standard InChI is InChI=1S/C24H25N3O7S/c1-33-22-8-3-4-9-23(22)34-15-14-25-24(28)19-12-10-18(11-13-19)17-26(35(2,31)32)20-6-5-7-21(16-20)27(29)30/h3-13,16H,14-15,17H2,1-2H3,(H,25,28). The number of carbonyl (C=O) groups excluding carboxylic acids is 1. The molecule has 184 valence electrons. The second kappa shape index (κ2) is 11.3. The number of hydrogen-bond acceptors (Lipinski definition) is 7. The van der Waals surface area contributed by atoms with Crippen molar-refractivity contribution in [1.82, 2.24) is 5.32 Å². The zero-order valence-electron chi connectivity index (χ0n) is 19.2. The van der Waals surface area contributed by atoms with E-state index in [1.54, 1.807) is 43.5 Å². The predicted molar refractivity (Wildman–Crippen MR) is 131 cm³/mol. The molecule has 11 heteroatoms. The number of anilines is 1. The molecule has 0 spiro atoms. The van der Waals surface area contributed by atoms with Crippen LogP contribution in [0.25, 0.3) is 0 Å². The molecule has 0 saturated carbocycles. The Kier molecular flexibility index (Phi) is 8.26. The number of nitrogens with zero attached hydrogens (tertiary/aromatic N) is 2. The van der Waals surface area contributed by atoms with Crippen LogP contribution < -0.4 is 19.1 Å². The minimum atomic E-state index is -3.72. The van der Waals surface area contributed by atoms with Crippen molar-refractivity contribution in [3.05, 3.63) is 94.0 Å². The maximum absolute atomic E-state index is 12.4. The van der Waals surface area contributed by atoms with Crippen LogP contribution in [0.1, 0.15) is 15.9 Å². The molecule has 10 nitrogen and oxygen atoms in total. The number of nitro groups is 1. The van der Waals surface area contributed by atoms with Crippen molar-refractivity contribution < 1.29 is 27.6 Å². The molecule has 3 rings (SSSR count). The van der Waals surface area contributed by atoms with Gasteiger partial charge in [-0.15, -0.1) is 0 Å². The van der Waals surface area contributed by atoms with Gasteiger partial charge in [-0.05, 0) is 35.9 Å². The molecule has 0 radical (unpaired) electrons. The van der Waals surface area contributed by atoms with Gasteiger partial charge in [0.25, 0.3) is 11.6 Å². The van der Waals surface area contributed by atoms with E-state index in [0.717, 1.165) is 10.6 Å². The number of sulfonamides is 1. The van der Waals surface area contributed by atoms with Gasteiger partial charge in [-0.3, -0.25) is 19.2 Å². The highest BCUT2D eigenvalue weighted by Crippen LogP contribution is 2.26. The van der Waals surface area contributed by atoms with E-state index in [1.165, 1.54) is 24.3 Å². The highest BCUT2D eigenvalue weighted by Gasteiger charge is 2.20. The number of hydrogen-bond donors (Lipinski definition) is 1. The molecule has 0 bridgehead atoms. The van der Waals surface area contributed by atoms with Crippen LogP contribution >= 0.6 is 0 Å². The molecule has 0 fully saturated rings. The number of non-ortho nitro benzene ring substituents is 1. The average Bonchev–Trinajstić information content (AvgIpc) is 2.85. The van der Waals surface area contributed by atoms with Gasteiger partial charge >= 0.3 is 0 Å². The lowest BCUT2D eigenvalue weighted by molar-refractivity contribution is -0.384. The van der Waals surface area contributed by atoms with Crippen molar-refractivity contribution in [3.63, 3.8) is 0 Å². The van der Waals surface area contributed by atoms with E-state index in [4.69, 9.17) is 9.47 Å². The fourth-order valence-corrected chi connectivity index (χ4v) is 4.13. The third kappa shape index (κ3) is 6.93. The number of nitrogens with one attached hydrogen (secondary N) is 1. The summed E-state index contributed by atoms with van der Waals surface area (Å²) in [6.45, 7) is 0.471. The van der Waals surface area contributed by atoms with E-state index >= 15 is 0 Å². The highest BCUT2D eigenvalue weighted by atomic mass is 32.2. The summed E-state index contributed by atoms with van der Waals surface area (Å²) in [5, 5.41) is 13.8. The highest BCUT2D eigenvalue weighted by molar-refractivity contribution is 7.92. The molecule has 0 saturated heterocycles. The van der Waals surface area contributed by atoms with Crippen molar-refractivity contribution in [2.75, 3.05) is 30.8 Å². The Hall–Kier alpha value is -4.12. The van der Waals surface area contributed by atoms with Crippen LogP contribution in [0.3, 0.4) is 0 Å². The van der Waals surface area contributed by atoms with Crippen LogP contribution in [0.5, 0.6) is 11.5 Å². The summed E-state index contributed by atoms with van der Waals surface area (Å²) in [4.78, 5) is 22.9. The van der Waals surface area contributed by atoms with Crippen LogP contribution in [-0.4, -0.2) is 45.8 Å². The van der Waals surface area contributed by atoms with E-state index in [9.17, 15) is 23.3 Å². The molecule has 0 aliphatic carbocycles. The van der Waals surface area contributed by atoms with Crippen LogP contribution in [0.2, 0.25) is 0 Å². The molecular weight excluding hydrogens is 474 g/mol. The second-order valence-electron chi connectivity index (χ2n) is 7.50. The minimum absolute atomic E-state index is 0.0470. The molecule has 0 atom stereocenters. The van der Waals surface area contributed by atoms with Gasteiger partial charge in [0, 0.05) is 17.7 Å². The van der Waals surface area contributed by atoms with Crippen molar-refractivity contribution >= 4 is 27.3 Å². The van der Waals surface area contributed by atoms with Crippen LogP contribution in [-0.2, 0) is 16.6 Å². The molecular formula is C24H25N3O7S. The topological polar surface area (TPSA) is 128 Å². The minimum Gasteiger partial charge on any atom is -0.493 e. The fourth-order valence-electron chi connectivity index (χ4n) is 3.25. The molecule has 0 aliphatic rings. The summed E-state index contributed by atoms with van der Waals surface area (Å²) in [7, 11) is -2.17. The Labute approximate surface area is 203 Å². The molecule has 0 heterocycles. The summed E-state index contributed by atoms with van der Waals surface area (Å²) >= 11 is 0. The lowest BCUT2D eigenvalue weighted by Crippen LogP contribution is -2.29. The SMILES string of the molecule is COc1ccccc1OCCNC(=O)c1ccc(CN(c2cccc([N+](=O)[O-])c2)S(C)(=O)=O)cc1. The Morgan fingerprint density at radius 2 is 1.71 bits per heavy atom. The number of rotatable bonds is 11. The van der Waals surface area contributed by atoms with Crippen molar-refractivity contribution in [2.24, 2.45) is 0 Å². The Morgan fingerprint density at radius 1 is 1.03 bits per heavy atom. The average molecular weight is 500 g/mol. The van der Waals surface area contributed by atoms with E-state index < -0.39 is 14.9 Å². The normalized spacial score (nSPS) is 10.9. The van der Waals surface area contributed by atoms with Crippen LogP contribution in [0.15, 0.2) is 72.8 Å². The van der Waals surface area contributed by atoms with Gasteiger partial charge in [0.2, 0.25) is 10.0 Å². The first-order valence-electron chi connectivity index (χ1n) is 10.5. The van der Waals surface area contributed by atoms with Gasteiger partial charge in [-0.2, -0.15) is 0 Å². The number of amides is 1. The number of ether oxygens (including phenoxy) is 2. The molecule has 0 unspecified atom stereocenters. The molecule has 3 aromatic carbocycles. The fraction of sp³-hybridized carbons (Fsp3) is 0.208. The van der Waals surface area contributed by atoms with Gasteiger partial charge < -0.3 is 14.8 Å². The summed E-state index contributed by atoms with van der Waals surface area (Å²) in [5.41, 5.74) is 0.974. The molecule has 1 N–H and O–H groups in total. The monoisotopic (exact) mass is 499 g/mol. The molecule has 35 heavy (non-hydrogen) atoms. The smallest absolute Gasteiger partial charge is 0.271 e. The quantitative estimate of drug-likeness (QED) is 0.243. The van der Waals surface area contributed by atoms with E-state index in [0.29, 0.717) is 22.6 Å². The maximum atomic E-state index is 12.4. The lowest BCUT2D eigenvalue weighted by Gasteiger charge is -2.22. The number of nitro benzene ring substituents is 1. The Balaban J connectivity index is 1.61. The number of carbonyl (C=O) groups is 1. The van der Waals surface area contributed by atoms with Crippen LogP contribution in [0, 0.1) is 10.1 Å². The van der Waals surface area contributed by atoms with Gasteiger partial charge in [-0.25, -0.2) is 8.42 Å². The zero-order valence-corrected chi connectivity index (χ0v) is 20.0. The second-order valence-corrected chi connectivity index (χ2v) is 9.41. The van der Waals surface area contributed by atoms with Crippen molar-refractivity contribution in [1.29, 1.82) is 0 Å². The number of benzene rings is 3. The number of para-hydroxylation sites is 2. The lowest BCUT2D eigenvalue weighted by atomic mass is 10.1. The summed E-state index contributed by atoms with van der Waals surface area (Å²) in [6.07, 6.45) is 1.03. The maximum Gasteiger partial charge on any atom is 0.271 e. The summed E-state index contributed by atoms with van der Waals surface area (Å²) < 4.78 is 36.6. The first-order chi connectivity index (χ1) is 16.7. The van der Waals surface area contributed by atoms with Crippen molar-refractivity contribution in [2.45, 2.75) is 6.54 Å². The van der Waals surface area contributed by atoms with E-state index in [2.05, 4.69) is 5.32 Å². The van der Waals surface area contributed by atoms with Gasteiger partial charge in [0.1, 0.15) is 6.61 Å². The summed E-state index contributed by atoms with van der Waals surface area (Å²) in [5.74, 6) is 0.870. The Bertz CT molecular complexity index is 1290. The third-order valence-corrected chi connectivity index (χ3v) is 6.13. The number of methoxy groups -OCH3 is 1. The largest absolute Gasteiger partial charge is 0.493 e. The first-order valence-corrected chi connectivity index (χ1v) is 12.4. The van der Waals surface area contributed by atoms with E-state index in [1.807, 2.05) is 12.1 Å². The first kappa shape index (κ1) is 25.5. The summed E-state index contributed by atoms with van der Waals surface area (Å²) in [6, 6.07) is 19.0. The van der Waals surface area contributed by atoms with Gasteiger partial charge in [0.15, 0.2) is 11.5 Å². The zero-order chi connectivity index (χ0) is 25.4. The molecule has 3 aromatic rings. The molecule has 0 aromatic heterocycles. The molecule has 0 aliphatic heterocycles. The van der Waals surface area contributed by atoms with Crippen LogP contribution in [0.4, 0.5) is 11.4 Å². The van der Waals surface area contributed by atoms with Gasteiger partial charge in [-0.1, -0.05) is 30.3 Å². The third-order valence-electron chi connectivity index (χ3n) is 4.99. The van der Waals surface area contributed by atoms with E-state index in [-0.39, 0.29) is 37.0 Å².